The average Bonchev–Trinajstić information content (AvgIpc) is 2.83. The Kier molecular flexibility index (Phi) is 3.81. The lowest BCUT2D eigenvalue weighted by Gasteiger charge is -2.51. The highest BCUT2D eigenvalue weighted by Crippen LogP contribution is 2.61. The summed E-state index contributed by atoms with van der Waals surface area (Å²) in [7, 11) is 0. The Labute approximate surface area is 138 Å². The first-order valence-corrected chi connectivity index (χ1v) is 9.51. The normalized spacial score (nSPS) is 46.0. The SMILES string of the molecule is CC(=O)O[C@H]1CC[C@H]2[C@@H]3CCC4=C(CC[C@@H](F)C4)[C@H]3CC[C@]12C. The quantitative estimate of drug-likeness (QED) is 0.503. The van der Waals surface area contributed by atoms with Crippen molar-refractivity contribution < 1.29 is 13.9 Å². The van der Waals surface area contributed by atoms with Gasteiger partial charge in [0.25, 0.3) is 0 Å². The highest BCUT2D eigenvalue weighted by Gasteiger charge is 2.56. The summed E-state index contributed by atoms with van der Waals surface area (Å²) in [6.45, 7) is 3.90. The third-order valence-corrected chi connectivity index (χ3v) is 7.53. The summed E-state index contributed by atoms with van der Waals surface area (Å²) in [5, 5.41) is 0. The van der Waals surface area contributed by atoms with Gasteiger partial charge in [-0.2, -0.15) is 0 Å². The van der Waals surface area contributed by atoms with Crippen molar-refractivity contribution in [1.82, 2.24) is 0 Å². The van der Waals surface area contributed by atoms with Gasteiger partial charge >= 0.3 is 5.97 Å². The zero-order valence-corrected chi connectivity index (χ0v) is 14.4. The molecule has 23 heavy (non-hydrogen) atoms. The molecule has 4 aliphatic carbocycles. The maximum absolute atomic E-state index is 13.7. The molecule has 0 N–H and O–H groups in total. The van der Waals surface area contributed by atoms with Crippen molar-refractivity contribution in [3.63, 3.8) is 0 Å². The van der Waals surface area contributed by atoms with E-state index in [0.29, 0.717) is 18.3 Å². The summed E-state index contributed by atoms with van der Waals surface area (Å²) < 4.78 is 19.4. The second kappa shape index (κ2) is 5.60. The first-order chi connectivity index (χ1) is 11.0. The van der Waals surface area contributed by atoms with E-state index in [1.807, 2.05) is 0 Å². The molecular weight excluding hydrogens is 291 g/mol. The van der Waals surface area contributed by atoms with Crippen LogP contribution in [0, 0.1) is 23.2 Å². The summed E-state index contributed by atoms with van der Waals surface area (Å²) in [6.07, 6.45) is 8.89. The maximum atomic E-state index is 13.7. The number of allylic oxidation sites excluding steroid dienone is 2. The van der Waals surface area contributed by atoms with Crippen LogP contribution in [0.15, 0.2) is 11.1 Å². The molecule has 0 spiro atoms. The molecule has 128 valence electrons. The van der Waals surface area contributed by atoms with Crippen LogP contribution >= 0.6 is 0 Å². The molecule has 0 saturated heterocycles. The zero-order valence-electron chi connectivity index (χ0n) is 14.4. The second-order valence-corrected chi connectivity index (χ2v) is 8.60. The molecule has 0 radical (unpaired) electrons. The van der Waals surface area contributed by atoms with Crippen LogP contribution in [-0.4, -0.2) is 18.2 Å². The number of fused-ring (bicyclic) bond motifs is 4. The fourth-order valence-electron chi connectivity index (χ4n) is 6.51. The van der Waals surface area contributed by atoms with Gasteiger partial charge in [-0.25, -0.2) is 4.39 Å². The summed E-state index contributed by atoms with van der Waals surface area (Å²) in [4.78, 5) is 11.5. The van der Waals surface area contributed by atoms with Crippen molar-refractivity contribution >= 4 is 5.97 Å². The van der Waals surface area contributed by atoms with Crippen molar-refractivity contribution in [3.05, 3.63) is 11.1 Å². The third kappa shape index (κ3) is 2.46. The second-order valence-electron chi connectivity index (χ2n) is 8.60. The number of ether oxygens (including phenoxy) is 1. The molecule has 0 unspecified atom stereocenters. The first-order valence-electron chi connectivity index (χ1n) is 9.51. The van der Waals surface area contributed by atoms with Crippen LogP contribution in [0.1, 0.15) is 71.6 Å². The first kappa shape index (κ1) is 15.7. The van der Waals surface area contributed by atoms with Gasteiger partial charge in [0.2, 0.25) is 0 Å². The van der Waals surface area contributed by atoms with E-state index in [1.165, 1.54) is 31.8 Å². The number of hydrogen-bond donors (Lipinski definition) is 0. The predicted octanol–water partition coefficient (Wildman–Crippen LogP) is 4.97. The summed E-state index contributed by atoms with van der Waals surface area (Å²) >= 11 is 0. The van der Waals surface area contributed by atoms with Crippen molar-refractivity contribution in [2.24, 2.45) is 23.2 Å². The molecule has 0 aliphatic heterocycles. The lowest BCUT2D eigenvalue weighted by molar-refractivity contribution is -0.155. The molecule has 4 rings (SSSR count). The van der Waals surface area contributed by atoms with Crippen LogP contribution in [0.3, 0.4) is 0 Å². The minimum Gasteiger partial charge on any atom is -0.462 e. The van der Waals surface area contributed by atoms with E-state index in [-0.39, 0.29) is 17.5 Å². The van der Waals surface area contributed by atoms with E-state index in [0.717, 1.165) is 38.0 Å². The van der Waals surface area contributed by atoms with Gasteiger partial charge in [-0.3, -0.25) is 4.79 Å². The van der Waals surface area contributed by atoms with Gasteiger partial charge in [-0.05, 0) is 75.5 Å². The Balaban J connectivity index is 1.58. The number of alkyl halides is 1. The van der Waals surface area contributed by atoms with Gasteiger partial charge in [0.1, 0.15) is 12.3 Å². The molecule has 0 aromatic rings. The van der Waals surface area contributed by atoms with E-state index in [1.54, 1.807) is 5.57 Å². The standard InChI is InChI=1S/C20H29FO2/c1-12(22)23-19-8-7-18-17-5-3-13-11-14(21)4-6-15(13)16(17)9-10-20(18,19)2/h14,16-19H,3-11H2,1-2H3/t14-,16-,17-,18+,19+,20+/m1/s1. The molecule has 0 bridgehead atoms. The highest BCUT2D eigenvalue weighted by atomic mass is 19.1. The molecule has 2 nitrogen and oxygen atoms in total. The van der Waals surface area contributed by atoms with Crippen LogP contribution < -0.4 is 0 Å². The minimum atomic E-state index is -0.598. The van der Waals surface area contributed by atoms with Crippen molar-refractivity contribution in [2.45, 2.75) is 83.9 Å². The van der Waals surface area contributed by atoms with Gasteiger partial charge in [0.05, 0.1) is 0 Å². The van der Waals surface area contributed by atoms with Gasteiger partial charge in [-0.15, -0.1) is 0 Å². The fraction of sp³-hybridized carbons (Fsp3) is 0.850. The van der Waals surface area contributed by atoms with E-state index in [4.69, 9.17) is 4.74 Å². The molecule has 2 saturated carbocycles. The Bertz CT molecular complexity index is 540. The number of carbonyl (C=O) groups excluding carboxylic acids is 1. The van der Waals surface area contributed by atoms with Crippen LogP contribution in [0.5, 0.6) is 0 Å². The van der Waals surface area contributed by atoms with Gasteiger partial charge in [0, 0.05) is 12.3 Å². The van der Waals surface area contributed by atoms with Crippen LogP contribution in [-0.2, 0) is 9.53 Å². The summed E-state index contributed by atoms with van der Waals surface area (Å²) in [6, 6.07) is 0. The predicted molar refractivity (Wildman–Crippen MR) is 87.6 cm³/mol. The molecule has 0 aromatic carbocycles. The third-order valence-electron chi connectivity index (χ3n) is 7.53. The molecule has 0 heterocycles. The van der Waals surface area contributed by atoms with E-state index < -0.39 is 6.17 Å². The number of carbonyl (C=O) groups is 1. The Morgan fingerprint density at radius 2 is 2.00 bits per heavy atom. The smallest absolute Gasteiger partial charge is 0.302 e. The number of esters is 1. The zero-order chi connectivity index (χ0) is 16.2. The minimum absolute atomic E-state index is 0.114. The van der Waals surface area contributed by atoms with Crippen molar-refractivity contribution in [3.8, 4) is 0 Å². The summed E-state index contributed by atoms with van der Waals surface area (Å²) in [5.74, 6) is 1.99. The molecule has 0 amide bonds. The van der Waals surface area contributed by atoms with Gasteiger partial charge in [-0.1, -0.05) is 18.1 Å². The summed E-state index contributed by atoms with van der Waals surface area (Å²) in [5.41, 5.74) is 3.26. The van der Waals surface area contributed by atoms with E-state index in [2.05, 4.69) is 6.92 Å². The molecule has 6 atom stereocenters. The molecule has 4 aliphatic rings. The molecule has 3 heteroatoms. The molecule has 0 aromatic heterocycles. The molecular formula is C20H29FO2. The Morgan fingerprint density at radius 1 is 1.17 bits per heavy atom. The topological polar surface area (TPSA) is 26.3 Å². The maximum Gasteiger partial charge on any atom is 0.302 e. The van der Waals surface area contributed by atoms with Crippen LogP contribution in [0.25, 0.3) is 0 Å². The average molecular weight is 320 g/mol. The highest BCUT2D eigenvalue weighted by molar-refractivity contribution is 5.66. The lowest BCUT2D eigenvalue weighted by atomic mass is 9.54. The Hall–Kier alpha value is -0.860. The number of rotatable bonds is 1. The largest absolute Gasteiger partial charge is 0.462 e. The lowest BCUT2D eigenvalue weighted by Crippen LogP contribution is -2.46. The monoisotopic (exact) mass is 320 g/mol. The van der Waals surface area contributed by atoms with E-state index in [9.17, 15) is 9.18 Å². The van der Waals surface area contributed by atoms with Gasteiger partial charge in [0.15, 0.2) is 0 Å². The van der Waals surface area contributed by atoms with Crippen molar-refractivity contribution in [1.29, 1.82) is 0 Å². The Morgan fingerprint density at radius 3 is 2.78 bits per heavy atom. The van der Waals surface area contributed by atoms with E-state index >= 15 is 0 Å². The number of hydrogen-bond acceptors (Lipinski definition) is 2. The van der Waals surface area contributed by atoms with Crippen LogP contribution in [0.4, 0.5) is 4.39 Å². The fourth-order valence-corrected chi connectivity index (χ4v) is 6.51. The van der Waals surface area contributed by atoms with Crippen molar-refractivity contribution in [2.75, 3.05) is 0 Å². The van der Waals surface area contributed by atoms with Gasteiger partial charge < -0.3 is 4.74 Å². The van der Waals surface area contributed by atoms with Crippen LogP contribution in [0.2, 0.25) is 0 Å². The number of halogens is 1. The molecule has 2 fully saturated rings.